The van der Waals surface area contributed by atoms with Gasteiger partial charge in [-0.1, -0.05) is 42.9 Å². The lowest BCUT2D eigenvalue weighted by Gasteiger charge is -2.58. The van der Waals surface area contributed by atoms with Crippen LogP contribution in [0, 0.1) is 35.0 Å². The SMILES string of the molecule is COCCC[C@@H]1Oc2c3cc(c4cc(O)ccc24)OCC#C[C@H]2CN[C@@]4(CCC5(CCCC5)C4)N[C@]24CC[C@H](O)C[C@@H]4O[C@@H]3[C@@H]1[C@H]1COc2c(Cc3cc(O)ccc3-c3cccc(O)c3)cc(OC3CCCC3)cc2[C@H]1O. The number of hydrogen-bond acceptors (Lipinski definition) is 13. The molecule has 4 aliphatic carbocycles. The average molecular weight is 1050 g/mol. The fourth-order valence-electron chi connectivity index (χ4n) is 15.7. The minimum absolute atomic E-state index is 0.0375. The molecule has 13 rings (SSSR count). The lowest BCUT2D eigenvalue weighted by Crippen LogP contribution is -2.77. The normalized spacial score (nSPS) is 31.2. The number of rotatable bonds is 10. The van der Waals surface area contributed by atoms with Gasteiger partial charge >= 0.3 is 0 Å². The van der Waals surface area contributed by atoms with E-state index in [1.165, 1.54) is 32.1 Å². The van der Waals surface area contributed by atoms with Crippen molar-refractivity contribution in [2.24, 2.45) is 23.2 Å². The molecule has 406 valence electrons. The molecular formula is C64H74N2O11. The molecule has 13 heteroatoms. The quantitative estimate of drug-likeness (QED) is 0.0519. The van der Waals surface area contributed by atoms with E-state index in [1.54, 1.807) is 43.5 Å². The topological polar surface area (TPSA) is 181 Å². The second-order valence-electron chi connectivity index (χ2n) is 24.1. The van der Waals surface area contributed by atoms with Gasteiger partial charge in [-0.05, 0) is 166 Å². The Balaban J connectivity index is 0.947. The monoisotopic (exact) mass is 1050 g/mol. The van der Waals surface area contributed by atoms with Crippen LogP contribution in [0.5, 0.6) is 40.2 Å². The van der Waals surface area contributed by atoms with E-state index in [0.717, 1.165) is 71.7 Å². The molecule has 10 atom stereocenters. The summed E-state index contributed by atoms with van der Waals surface area (Å²) in [5.41, 5.74) is 4.08. The Morgan fingerprint density at radius 2 is 1.61 bits per heavy atom. The second kappa shape index (κ2) is 20.5. The first-order valence-electron chi connectivity index (χ1n) is 28.7. The summed E-state index contributed by atoms with van der Waals surface area (Å²) in [6.07, 6.45) is 12.4. The molecule has 0 amide bonds. The van der Waals surface area contributed by atoms with E-state index in [4.69, 9.17) is 28.4 Å². The summed E-state index contributed by atoms with van der Waals surface area (Å²) in [5.74, 6) is 8.66. The summed E-state index contributed by atoms with van der Waals surface area (Å²) in [6.45, 7) is 1.44. The third-order valence-electron chi connectivity index (χ3n) is 19.3. The smallest absolute Gasteiger partial charge is 0.149 e. The van der Waals surface area contributed by atoms with Crippen molar-refractivity contribution in [2.45, 2.75) is 157 Å². The number of benzene rings is 5. The fraction of sp³-hybridized carbons (Fsp3) is 0.531. The Kier molecular flexibility index (Phi) is 13.5. The Morgan fingerprint density at radius 1 is 0.779 bits per heavy atom. The van der Waals surface area contributed by atoms with E-state index in [2.05, 4.69) is 22.5 Å². The van der Waals surface area contributed by atoms with Gasteiger partial charge in [0.25, 0.3) is 0 Å². The molecule has 0 unspecified atom stereocenters. The number of phenolic OH excluding ortho intramolecular Hbond substituents is 3. The summed E-state index contributed by atoms with van der Waals surface area (Å²) < 4.78 is 41.7. The predicted octanol–water partition coefficient (Wildman–Crippen LogP) is 10.4. The van der Waals surface area contributed by atoms with Crippen LogP contribution in [-0.2, 0) is 15.9 Å². The van der Waals surface area contributed by atoms with Crippen molar-refractivity contribution >= 4 is 10.8 Å². The lowest BCUT2D eigenvalue weighted by atomic mass is 9.66. The molecule has 5 fully saturated rings. The van der Waals surface area contributed by atoms with E-state index < -0.39 is 47.9 Å². The number of phenols is 3. The average Bonchev–Trinajstić information content (AvgIpc) is 4.32. The number of aliphatic hydroxyl groups is 2. The standard InChI is InChI=1S/C64H74N2O11/c1-72-25-8-14-54-57(53-36-74-59-40(30-47(33-51(59)58(53)71)75-46-12-2-3-13-46)27-39-29-43(68)15-17-48(39)38-9-6-11-42(67)28-38)61-52-34-55(50-31-44(69)16-18-49(50)60(52)76-54)73-26-7-10-41-35-65-63(24-23-62(37-63)20-4-5-21-62)66-64(41)22-19-45(70)32-56(64)77-61/h6,9,11,15-18,28-31,33-34,41,45-46,53-54,56-58,61,65-71H,2-5,8,12-14,19-27,32,35-37H2,1H3/t41-,45-,53+,54-,56-,57+,58+,61-,63-,64+/m0/s1. The zero-order valence-corrected chi connectivity index (χ0v) is 44.2. The Bertz CT molecular complexity index is 3080. The van der Waals surface area contributed by atoms with Gasteiger partial charge in [-0.25, -0.2) is 0 Å². The summed E-state index contributed by atoms with van der Waals surface area (Å²) in [6, 6.07) is 23.7. The first-order valence-corrected chi connectivity index (χ1v) is 28.7. The number of hydrogen-bond donors (Lipinski definition) is 7. The molecule has 13 nitrogen and oxygen atoms in total. The number of ether oxygens (including phenoxy) is 6. The highest BCUT2D eigenvalue weighted by Crippen LogP contribution is 2.59. The van der Waals surface area contributed by atoms with E-state index >= 15 is 0 Å². The van der Waals surface area contributed by atoms with Gasteiger partial charge in [-0.15, -0.1) is 0 Å². The molecule has 2 bridgehead atoms. The highest BCUT2D eigenvalue weighted by atomic mass is 16.5. The molecule has 0 radical (unpaired) electrons. The van der Waals surface area contributed by atoms with E-state index in [0.29, 0.717) is 91.0 Å². The predicted molar refractivity (Wildman–Crippen MR) is 291 cm³/mol. The van der Waals surface area contributed by atoms with Gasteiger partial charge in [0.1, 0.15) is 53.0 Å². The van der Waals surface area contributed by atoms with E-state index in [1.807, 2.05) is 42.5 Å². The van der Waals surface area contributed by atoms with E-state index in [-0.39, 0.29) is 48.1 Å². The maximum absolute atomic E-state index is 13.5. The third kappa shape index (κ3) is 9.44. The Hall–Kier alpha value is -5.72. The van der Waals surface area contributed by atoms with Crippen LogP contribution in [0.4, 0.5) is 0 Å². The van der Waals surface area contributed by atoms with Crippen LogP contribution in [0.3, 0.4) is 0 Å². The van der Waals surface area contributed by atoms with Gasteiger partial charge in [0.05, 0.1) is 54.2 Å². The van der Waals surface area contributed by atoms with Crippen molar-refractivity contribution < 1.29 is 54.0 Å². The summed E-state index contributed by atoms with van der Waals surface area (Å²) in [7, 11) is 1.71. The number of aromatic hydroxyl groups is 3. The van der Waals surface area contributed by atoms with Crippen molar-refractivity contribution in [3.05, 3.63) is 101 Å². The van der Waals surface area contributed by atoms with Crippen LogP contribution in [0.25, 0.3) is 21.9 Å². The minimum atomic E-state index is -1.07. The fourth-order valence-corrected chi connectivity index (χ4v) is 15.7. The molecule has 77 heavy (non-hydrogen) atoms. The molecule has 8 aliphatic rings. The first-order chi connectivity index (χ1) is 37.5. The van der Waals surface area contributed by atoms with Crippen molar-refractivity contribution in [3.8, 4) is 63.2 Å². The number of fused-ring (bicyclic) bond motifs is 5. The van der Waals surface area contributed by atoms with Gasteiger partial charge in [0.15, 0.2) is 0 Å². The molecule has 4 saturated carbocycles. The molecule has 1 saturated heterocycles. The summed E-state index contributed by atoms with van der Waals surface area (Å²) in [5, 5.41) is 67.6. The number of nitrogens with one attached hydrogen (secondary N) is 2. The number of aliphatic hydroxyl groups excluding tert-OH is 2. The first kappa shape index (κ1) is 50.8. The molecule has 7 N–H and O–H groups in total. The van der Waals surface area contributed by atoms with Gasteiger partial charge in [-0.2, -0.15) is 0 Å². The molecule has 5 aromatic rings. The lowest BCUT2D eigenvalue weighted by molar-refractivity contribution is -0.181. The maximum atomic E-state index is 13.5. The van der Waals surface area contributed by atoms with Gasteiger partial charge in [-0.3, -0.25) is 10.6 Å². The summed E-state index contributed by atoms with van der Waals surface area (Å²) in [4.78, 5) is 0. The molecule has 3 spiro atoms. The summed E-state index contributed by atoms with van der Waals surface area (Å²) >= 11 is 0. The zero-order valence-electron chi connectivity index (χ0n) is 44.2. The van der Waals surface area contributed by atoms with Crippen LogP contribution >= 0.6 is 0 Å². The molecule has 4 aliphatic heterocycles. The van der Waals surface area contributed by atoms with Crippen LogP contribution < -0.4 is 29.6 Å². The van der Waals surface area contributed by atoms with Crippen LogP contribution in [0.2, 0.25) is 0 Å². The van der Waals surface area contributed by atoms with Crippen LogP contribution in [0.1, 0.15) is 137 Å². The largest absolute Gasteiger partial charge is 0.508 e. The highest BCUT2D eigenvalue weighted by molar-refractivity contribution is 5.96. The van der Waals surface area contributed by atoms with Gasteiger partial charge in [0, 0.05) is 72.4 Å². The molecular weight excluding hydrogens is 973 g/mol. The second-order valence-corrected chi connectivity index (χ2v) is 24.1. The van der Waals surface area contributed by atoms with Crippen molar-refractivity contribution in [1.29, 1.82) is 0 Å². The maximum Gasteiger partial charge on any atom is 0.149 e. The van der Waals surface area contributed by atoms with Crippen molar-refractivity contribution in [3.63, 3.8) is 0 Å². The van der Waals surface area contributed by atoms with Gasteiger partial charge < -0.3 is 54.0 Å². The Labute approximate surface area is 451 Å². The molecule has 4 heterocycles. The highest BCUT2D eigenvalue weighted by Gasteiger charge is 2.61. The van der Waals surface area contributed by atoms with Crippen molar-refractivity contribution in [2.75, 3.05) is 33.5 Å². The van der Waals surface area contributed by atoms with Crippen LogP contribution in [0.15, 0.2) is 78.9 Å². The molecule has 5 aromatic carbocycles. The Morgan fingerprint density at radius 3 is 2.45 bits per heavy atom. The zero-order chi connectivity index (χ0) is 52.5. The van der Waals surface area contributed by atoms with E-state index in [9.17, 15) is 25.5 Å². The van der Waals surface area contributed by atoms with Crippen LogP contribution in [-0.4, -0.2) is 94.6 Å². The molecule has 0 aromatic heterocycles. The van der Waals surface area contributed by atoms with Gasteiger partial charge in [0.2, 0.25) is 0 Å². The minimum Gasteiger partial charge on any atom is -0.508 e. The third-order valence-corrected chi connectivity index (χ3v) is 19.3. The number of methoxy groups -OCH3 is 1. The van der Waals surface area contributed by atoms with Crippen molar-refractivity contribution in [1.82, 2.24) is 10.6 Å².